The first-order valence-corrected chi connectivity index (χ1v) is 6.88. The van der Waals surface area contributed by atoms with Gasteiger partial charge >= 0.3 is 5.97 Å². The lowest BCUT2D eigenvalue weighted by molar-refractivity contribution is 0.0601. The number of hydrogen-bond donors (Lipinski definition) is 0. The van der Waals surface area contributed by atoms with Crippen molar-refractivity contribution in [1.82, 2.24) is 9.97 Å². The first-order valence-electron chi connectivity index (χ1n) is 6.88. The van der Waals surface area contributed by atoms with E-state index in [1.165, 1.54) is 26.4 Å². The molecule has 1 saturated heterocycles. The summed E-state index contributed by atoms with van der Waals surface area (Å²) in [4.78, 5) is 22.9. The molecular weight excluding hydrogens is 254 g/mol. The number of piperidine rings is 1. The summed E-state index contributed by atoms with van der Waals surface area (Å²) in [6.45, 7) is 2.05. The smallest absolute Gasteiger partial charge is 0.337 e. The van der Waals surface area contributed by atoms with E-state index in [1.807, 2.05) is 6.20 Å². The quantitative estimate of drug-likeness (QED) is 0.785. The molecule has 5 heteroatoms. The highest BCUT2D eigenvalue weighted by atomic mass is 16.5. The van der Waals surface area contributed by atoms with E-state index in [0.29, 0.717) is 5.56 Å². The lowest BCUT2D eigenvalue weighted by atomic mass is 10.1. The van der Waals surface area contributed by atoms with Crippen LogP contribution in [0, 0.1) is 0 Å². The van der Waals surface area contributed by atoms with Crippen molar-refractivity contribution >= 4 is 22.8 Å². The third-order valence-electron chi connectivity index (χ3n) is 3.63. The fourth-order valence-corrected chi connectivity index (χ4v) is 2.52. The van der Waals surface area contributed by atoms with E-state index in [1.54, 1.807) is 18.2 Å². The topological polar surface area (TPSA) is 55.3 Å². The van der Waals surface area contributed by atoms with Crippen molar-refractivity contribution in [3.63, 3.8) is 0 Å². The van der Waals surface area contributed by atoms with Gasteiger partial charge < -0.3 is 9.64 Å². The fraction of sp³-hybridized carbons (Fsp3) is 0.400. The summed E-state index contributed by atoms with van der Waals surface area (Å²) in [6.07, 6.45) is 5.49. The number of rotatable bonds is 2. The molecule has 1 aliphatic rings. The average molecular weight is 271 g/mol. The van der Waals surface area contributed by atoms with E-state index in [0.717, 1.165) is 29.9 Å². The molecule has 0 aliphatic carbocycles. The molecule has 1 aromatic heterocycles. The van der Waals surface area contributed by atoms with Crippen LogP contribution in [0.3, 0.4) is 0 Å². The molecule has 20 heavy (non-hydrogen) atoms. The van der Waals surface area contributed by atoms with Crippen LogP contribution in [0.25, 0.3) is 11.0 Å². The number of carbonyl (C=O) groups excluding carboxylic acids is 1. The SMILES string of the molecule is COC(=O)c1ccc2ncc(N3CCCCC3)nc2c1. The molecule has 0 saturated carbocycles. The summed E-state index contributed by atoms with van der Waals surface area (Å²) in [7, 11) is 1.38. The van der Waals surface area contributed by atoms with Crippen LogP contribution >= 0.6 is 0 Å². The van der Waals surface area contributed by atoms with Gasteiger partial charge in [0.1, 0.15) is 5.82 Å². The number of aromatic nitrogens is 2. The van der Waals surface area contributed by atoms with Gasteiger partial charge in [0.05, 0.1) is 29.9 Å². The van der Waals surface area contributed by atoms with Crippen LogP contribution < -0.4 is 4.90 Å². The van der Waals surface area contributed by atoms with E-state index < -0.39 is 0 Å². The van der Waals surface area contributed by atoms with E-state index in [9.17, 15) is 4.79 Å². The van der Waals surface area contributed by atoms with Crippen LogP contribution in [0.1, 0.15) is 29.6 Å². The zero-order valence-electron chi connectivity index (χ0n) is 11.5. The Morgan fingerprint density at radius 2 is 2.00 bits per heavy atom. The van der Waals surface area contributed by atoms with Crippen LogP contribution in [-0.4, -0.2) is 36.1 Å². The number of benzene rings is 1. The zero-order valence-corrected chi connectivity index (χ0v) is 11.5. The first-order chi connectivity index (χ1) is 9.78. The monoisotopic (exact) mass is 271 g/mol. The molecule has 0 bridgehead atoms. The second-order valence-corrected chi connectivity index (χ2v) is 4.97. The summed E-state index contributed by atoms with van der Waals surface area (Å²) in [5.74, 6) is 0.538. The molecule has 0 atom stereocenters. The molecule has 0 N–H and O–H groups in total. The van der Waals surface area contributed by atoms with Crippen LogP contribution in [0.15, 0.2) is 24.4 Å². The number of methoxy groups -OCH3 is 1. The highest BCUT2D eigenvalue weighted by molar-refractivity contribution is 5.93. The van der Waals surface area contributed by atoms with Crippen molar-refractivity contribution in [2.24, 2.45) is 0 Å². The maximum atomic E-state index is 11.6. The Balaban J connectivity index is 1.97. The van der Waals surface area contributed by atoms with Gasteiger partial charge in [0.15, 0.2) is 0 Å². The van der Waals surface area contributed by atoms with Crippen LogP contribution in [0.2, 0.25) is 0 Å². The van der Waals surface area contributed by atoms with Crippen molar-refractivity contribution in [3.8, 4) is 0 Å². The molecule has 0 amide bonds. The van der Waals surface area contributed by atoms with Crippen LogP contribution in [0.4, 0.5) is 5.82 Å². The molecule has 104 valence electrons. The first kappa shape index (κ1) is 12.8. The Bertz CT molecular complexity index is 636. The molecule has 5 nitrogen and oxygen atoms in total. The lowest BCUT2D eigenvalue weighted by Crippen LogP contribution is -2.30. The minimum atomic E-state index is -0.350. The Morgan fingerprint density at radius 3 is 2.75 bits per heavy atom. The minimum Gasteiger partial charge on any atom is -0.465 e. The number of anilines is 1. The highest BCUT2D eigenvalue weighted by Crippen LogP contribution is 2.20. The van der Waals surface area contributed by atoms with Gasteiger partial charge in [0.25, 0.3) is 0 Å². The molecule has 0 spiro atoms. The summed E-state index contributed by atoms with van der Waals surface area (Å²) in [5, 5.41) is 0. The highest BCUT2D eigenvalue weighted by Gasteiger charge is 2.14. The molecule has 2 heterocycles. The van der Waals surface area contributed by atoms with Gasteiger partial charge in [-0.1, -0.05) is 0 Å². The van der Waals surface area contributed by atoms with E-state index in [2.05, 4.69) is 14.9 Å². The van der Waals surface area contributed by atoms with Gasteiger partial charge in [-0.2, -0.15) is 0 Å². The molecule has 0 unspecified atom stereocenters. The third-order valence-corrected chi connectivity index (χ3v) is 3.63. The molecule has 3 rings (SSSR count). The molecule has 1 fully saturated rings. The third kappa shape index (κ3) is 2.43. The van der Waals surface area contributed by atoms with E-state index in [-0.39, 0.29) is 5.97 Å². The van der Waals surface area contributed by atoms with Gasteiger partial charge in [-0.15, -0.1) is 0 Å². The van der Waals surface area contributed by atoms with Crippen molar-refractivity contribution in [2.75, 3.05) is 25.1 Å². The zero-order chi connectivity index (χ0) is 13.9. The summed E-state index contributed by atoms with van der Waals surface area (Å²) < 4.78 is 4.73. The maximum absolute atomic E-state index is 11.6. The van der Waals surface area contributed by atoms with Gasteiger partial charge in [-0.3, -0.25) is 4.98 Å². The summed E-state index contributed by atoms with van der Waals surface area (Å²) >= 11 is 0. The normalized spacial score (nSPS) is 15.3. The van der Waals surface area contributed by atoms with Crippen LogP contribution in [-0.2, 0) is 4.74 Å². The number of fused-ring (bicyclic) bond motifs is 1. The van der Waals surface area contributed by atoms with E-state index >= 15 is 0 Å². The molecular formula is C15H17N3O2. The molecule has 1 aliphatic heterocycles. The van der Waals surface area contributed by atoms with Gasteiger partial charge in [0, 0.05) is 13.1 Å². The second-order valence-electron chi connectivity index (χ2n) is 4.97. The molecule has 1 aromatic carbocycles. The van der Waals surface area contributed by atoms with E-state index in [4.69, 9.17) is 4.74 Å². The predicted molar refractivity (Wildman–Crippen MR) is 76.9 cm³/mol. The largest absolute Gasteiger partial charge is 0.465 e. The lowest BCUT2D eigenvalue weighted by Gasteiger charge is -2.27. The standard InChI is InChI=1S/C15H17N3O2/c1-20-15(19)11-5-6-12-13(9-11)17-14(10-16-12)18-7-3-2-4-8-18/h5-6,9-10H,2-4,7-8H2,1H3. The Morgan fingerprint density at radius 1 is 1.20 bits per heavy atom. The summed E-state index contributed by atoms with van der Waals surface area (Å²) in [5.41, 5.74) is 2.03. The number of esters is 1. The number of carbonyl (C=O) groups is 1. The van der Waals surface area contributed by atoms with Crippen LogP contribution in [0.5, 0.6) is 0 Å². The molecule has 0 radical (unpaired) electrons. The van der Waals surface area contributed by atoms with Crippen molar-refractivity contribution in [3.05, 3.63) is 30.0 Å². The van der Waals surface area contributed by atoms with Gasteiger partial charge in [-0.05, 0) is 37.5 Å². The minimum absolute atomic E-state index is 0.350. The number of ether oxygens (including phenoxy) is 1. The molecule has 2 aromatic rings. The Labute approximate surface area is 117 Å². The predicted octanol–water partition coefficient (Wildman–Crippen LogP) is 2.41. The van der Waals surface area contributed by atoms with Crippen molar-refractivity contribution in [1.29, 1.82) is 0 Å². The Kier molecular flexibility index (Phi) is 3.50. The summed E-state index contributed by atoms with van der Waals surface area (Å²) in [6, 6.07) is 5.25. The Hall–Kier alpha value is -2.17. The van der Waals surface area contributed by atoms with Gasteiger partial charge in [-0.25, -0.2) is 9.78 Å². The number of nitrogens with zero attached hydrogens (tertiary/aromatic N) is 3. The fourth-order valence-electron chi connectivity index (χ4n) is 2.52. The van der Waals surface area contributed by atoms with Crippen molar-refractivity contribution in [2.45, 2.75) is 19.3 Å². The second kappa shape index (κ2) is 5.45. The van der Waals surface area contributed by atoms with Crippen molar-refractivity contribution < 1.29 is 9.53 Å². The maximum Gasteiger partial charge on any atom is 0.337 e. The van der Waals surface area contributed by atoms with Gasteiger partial charge in [0.2, 0.25) is 0 Å². The number of hydrogen-bond acceptors (Lipinski definition) is 5. The average Bonchev–Trinajstić information content (AvgIpc) is 2.54.